The molecule has 2 fully saturated rings. The molecule has 4 aromatic rings. The average molecular weight is 672 g/mol. The van der Waals surface area contributed by atoms with Crippen LogP contribution in [-0.2, 0) is 0 Å². The minimum absolute atomic E-state index is 0.0483. The van der Waals surface area contributed by atoms with Crippen LogP contribution in [0.2, 0.25) is 10.0 Å². The highest BCUT2D eigenvalue weighted by molar-refractivity contribution is 6.33. The first-order valence-electron chi connectivity index (χ1n) is 14.7. The van der Waals surface area contributed by atoms with Crippen LogP contribution >= 0.6 is 23.2 Å². The van der Waals surface area contributed by atoms with E-state index in [1.807, 2.05) is 0 Å². The molecule has 2 unspecified atom stereocenters. The highest BCUT2D eigenvalue weighted by Gasteiger charge is 2.38. The van der Waals surface area contributed by atoms with E-state index in [1.165, 1.54) is 48.5 Å². The molecule has 6 rings (SSSR count). The molecular weight excluding hydrogens is 644 g/mol. The Hall–Kier alpha value is -4.35. The molecule has 238 valence electrons. The Morgan fingerprint density at radius 1 is 0.652 bits per heavy atom. The molecule has 0 amide bonds. The van der Waals surface area contributed by atoms with Crippen LogP contribution in [0.3, 0.4) is 0 Å². The molecule has 0 spiro atoms. The Morgan fingerprint density at radius 3 is 1.57 bits per heavy atom. The van der Waals surface area contributed by atoms with Gasteiger partial charge in [0, 0.05) is 30.9 Å². The Kier molecular flexibility index (Phi) is 8.80. The van der Waals surface area contributed by atoms with Crippen molar-refractivity contribution < 1.29 is 23.0 Å². The summed E-state index contributed by atoms with van der Waals surface area (Å²) < 4.78 is 45.3. The second-order valence-corrected chi connectivity index (χ2v) is 12.3. The minimum Gasteiger partial charge on any atom is -0.367 e. The summed E-state index contributed by atoms with van der Waals surface area (Å²) in [6.45, 7) is 0.792. The van der Waals surface area contributed by atoms with Crippen LogP contribution in [0.1, 0.15) is 60.4 Å². The highest BCUT2D eigenvalue weighted by atomic mass is 35.5. The summed E-state index contributed by atoms with van der Waals surface area (Å²) in [5.41, 5.74) is 1.42. The highest BCUT2D eigenvalue weighted by Crippen LogP contribution is 2.49. The van der Waals surface area contributed by atoms with Crippen molar-refractivity contribution in [3.8, 4) is 0 Å². The summed E-state index contributed by atoms with van der Waals surface area (Å²) in [6, 6.07) is 16.4. The number of hydrogen-bond donors (Lipinski definition) is 0. The van der Waals surface area contributed by atoms with Gasteiger partial charge in [-0.1, -0.05) is 47.5 Å². The number of benzene rings is 4. The molecule has 13 heteroatoms. The van der Waals surface area contributed by atoms with Gasteiger partial charge in [-0.15, -0.1) is 0 Å². The smallest absolute Gasteiger partial charge is 0.288 e. The summed E-state index contributed by atoms with van der Waals surface area (Å²) in [6.07, 6.45) is 2.13. The SMILES string of the molecule is O=[N+]([O-])c1cc(C2CCC(c3ccc(Cl)c([N+](=O)[O-])c3)N2c2cc(F)c(N3CCC(c4ccc(F)cc4)CC3)c(F)c2)ccc1Cl. The van der Waals surface area contributed by atoms with Gasteiger partial charge in [0.1, 0.15) is 21.5 Å². The van der Waals surface area contributed by atoms with Crippen LogP contribution in [0, 0.1) is 37.7 Å². The number of nitro benzene ring substituents is 2. The molecule has 0 aromatic heterocycles. The molecule has 8 nitrogen and oxygen atoms in total. The van der Waals surface area contributed by atoms with Gasteiger partial charge in [0.25, 0.3) is 11.4 Å². The zero-order chi connectivity index (χ0) is 32.7. The summed E-state index contributed by atoms with van der Waals surface area (Å²) in [7, 11) is 0. The zero-order valence-corrected chi connectivity index (χ0v) is 25.7. The predicted molar refractivity (Wildman–Crippen MR) is 170 cm³/mol. The predicted octanol–water partition coefficient (Wildman–Crippen LogP) is 9.69. The number of anilines is 2. The van der Waals surface area contributed by atoms with Gasteiger partial charge in [-0.05, 0) is 84.7 Å². The Morgan fingerprint density at radius 2 is 1.11 bits per heavy atom. The van der Waals surface area contributed by atoms with Crippen LogP contribution in [0.15, 0.2) is 72.8 Å². The first-order chi connectivity index (χ1) is 22.0. The standard InChI is InChI=1S/C33H27Cl2F3N4O4/c34-25-7-3-21(15-31(25)41(43)44)29-9-10-30(22-4-8-26(35)32(16-22)42(45)46)40(29)24-17-27(37)33(28(38)18-24)39-13-11-20(12-14-39)19-1-5-23(36)6-2-19/h1-8,15-18,20,29-30H,9-14H2. The third-order valence-corrected chi connectivity index (χ3v) is 9.58. The van der Waals surface area contributed by atoms with Gasteiger partial charge in [0.2, 0.25) is 0 Å². The fourth-order valence-corrected chi connectivity index (χ4v) is 7.13. The number of nitro groups is 2. The van der Waals surface area contributed by atoms with Crippen molar-refractivity contribution in [3.05, 3.63) is 137 Å². The molecule has 2 atom stereocenters. The molecule has 2 saturated heterocycles. The van der Waals surface area contributed by atoms with E-state index in [0.29, 0.717) is 49.9 Å². The fourth-order valence-electron chi connectivity index (χ4n) is 6.75. The molecular formula is C33H27Cl2F3N4O4. The molecule has 2 aliphatic heterocycles. The molecule has 0 saturated carbocycles. The van der Waals surface area contributed by atoms with Gasteiger partial charge in [-0.25, -0.2) is 13.2 Å². The Labute approximate surface area is 272 Å². The van der Waals surface area contributed by atoms with E-state index in [-0.39, 0.29) is 44.5 Å². The monoisotopic (exact) mass is 670 g/mol. The van der Waals surface area contributed by atoms with Crippen molar-refractivity contribution in [3.63, 3.8) is 0 Å². The Bertz CT molecular complexity index is 1730. The van der Waals surface area contributed by atoms with Crippen LogP contribution in [0.25, 0.3) is 0 Å². The van der Waals surface area contributed by atoms with Crippen LogP contribution in [0.5, 0.6) is 0 Å². The summed E-state index contributed by atoms with van der Waals surface area (Å²) >= 11 is 12.1. The van der Waals surface area contributed by atoms with Crippen molar-refractivity contribution in [1.29, 1.82) is 0 Å². The van der Waals surface area contributed by atoms with Crippen LogP contribution in [-0.4, -0.2) is 22.9 Å². The maximum atomic E-state index is 16.0. The van der Waals surface area contributed by atoms with Crippen molar-refractivity contribution in [2.45, 2.75) is 43.7 Å². The van der Waals surface area contributed by atoms with E-state index < -0.39 is 33.6 Å². The third-order valence-electron chi connectivity index (χ3n) is 8.94. The van der Waals surface area contributed by atoms with Gasteiger partial charge in [-0.3, -0.25) is 20.2 Å². The van der Waals surface area contributed by atoms with E-state index >= 15 is 8.78 Å². The molecule has 2 aliphatic rings. The van der Waals surface area contributed by atoms with Gasteiger partial charge in [0.05, 0.1) is 21.9 Å². The summed E-state index contributed by atoms with van der Waals surface area (Å²) in [4.78, 5) is 25.5. The van der Waals surface area contributed by atoms with Crippen molar-refractivity contribution in [1.82, 2.24) is 0 Å². The zero-order valence-electron chi connectivity index (χ0n) is 24.2. The molecule has 4 aromatic carbocycles. The van der Waals surface area contributed by atoms with E-state index in [2.05, 4.69) is 0 Å². The molecule has 0 aliphatic carbocycles. The normalized spacial score (nSPS) is 18.6. The fraction of sp³-hybridized carbons (Fsp3) is 0.273. The maximum absolute atomic E-state index is 16.0. The lowest BCUT2D eigenvalue weighted by Gasteiger charge is -2.36. The average Bonchev–Trinajstić information content (AvgIpc) is 3.47. The van der Waals surface area contributed by atoms with Crippen LogP contribution in [0.4, 0.5) is 35.9 Å². The largest absolute Gasteiger partial charge is 0.367 e. The summed E-state index contributed by atoms with van der Waals surface area (Å²) in [5, 5.41) is 23.2. The van der Waals surface area contributed by atoms with Gasteiger partial charge in [0.15, 0.2) is 11.6 Å². The molecule has 0 bridgehead atoms. The van der Waals surface area contributed by atoms with Crippen molar-refractivity contribution in [2.24, 2.45) is 0 Å². The number of halogens is 5. The quantitative estimate of drug-likeness (QED) is 0.144. The van der Waals surface area contributed by atoms with Gasteiger partial charge >= 0.3 is 0 Å². The number of piperidine rings is 1. The van der Waals surface area contributed by atoms with E-state index in [9.17, 15) is 24.6 Å². The maximum Gasteiger partial charge on any atom is 0.288 e. The lowest BCUT2D eigenvalue weighted by Crippen LogP contribution is -2.34. The second-order valence-electron chi connectivity index (χ2n) is 11.5. The second kappa shape index (κ2) is 12.8. The van der Waals surface area contributed by atoms with Crippen molar-refractivity contribution >= 4 is 46.0 Å². The molecule has 2 heterocycles. The molecule has 0 radical (unpaired) electrons. The topological polar surface area (TPSA) is 92.8 Å². The van der Waals surface area contributed by atoms with Crippen LogP contribution < -0.4 is 9.80 Å². The number of hydrogen-bond acceptors (Lipinski definition) is 6. The van der Waals surface area contributed by atoms with Crippen molar-refractivity contribution in [2.75, 3.05) is 22.9 Å². The third kappa shape index (κ3) is 6.09. The lowest BCUT2D eigenvalue weighted by molar-refractivity contribution is -0.384. The van der Waals surface area contributed by atoms with E-state index in [0.717, 1.165) is 5.56 Å². The van der Waals surface area contributed by atoms with Gasteiger partial charge in [-0.2, -0.15) is 0 Å². The first-order valence-corrected chi connectivity index (χ1v) is 15.4. The molecule has 0 N–H and O–H groups in total. The number of nitrogens with zero attached hydrogens (tertiary/aromatic N) is 4. The lowest BCUT2D eigenvalue weighted by atomic mass is 9.89. The first kappa shape index (κ1) is 31.6. The number of rotatable bonds is 7. The van der Waals surface area contributed by atoms with Gasteiger partial charge < -0.3 is 9.80 Å². The van der Waals surface area contributed by atoms with E-state index in [1.54, 1.807) is 34.1 Å². The minimum atomic E-state index is -0.774. The Balaban J connectivity index is 1.36. The molecule has 46 heavy (non-hydrogen) atoms. The van der Waals surface area contributed by atoms with E-state index in [4.69, 9.17) is 23.2 Å². The summed E-state index contributed by atoms with van der Waals surface area (Å²) in [5.74, 6) is -1.73.